The van der Waals surface area contributed by atoms with Crippen LogP contribution < -0.4 is 0 Å². The number of hydrogen-bond donors (Lipinski definition) is 0. The van der Waals surface area contributed by atoms with Gasteiger partial charge in [-0.15, -0.1) is 0 Å². The van der Waals surface area contributed by atoms with Gasteiger partial charge in [-0.3, -0.25) is 0 Å². The van der Waals surface area contributed by atoms with Gasteiger partial charge in [-0.25, -0.2) is 4.99 Å². The molecule has 2 rings (SSSR count). The monoisotopic (exact) mass is 175 g/mol. The van der Waals surface area contributed by atoms with Crippen LogP contribution in [0.1, 0.15) is 12.5 Å². The molecule has 2 heteroatoms. The van der Waals surface area contributed by atoms with Crippen LogP contribution in [0, 0.1) is 0 Å². The molecule has 1 aromatic carbocycles. The number of aryl methyl sites for hydroxylation is 1. The summed E-state index contributed by atoms with van der Waals surface area (Å²) in [6.45, 7) is 2.15. The topological polar surface area (TPSA) is 12.4 Å². The molecule has 1 heterocycles. The van der Waals surface area contributed by atoms with E-state index in [4.69, 9.17) is 0 Å². The maximum Gasteiger partial charge on any atom is 0.0872 e. The van der Waals surface area contributed by atoms with E-state index in [0.29, 0.717) is 0 Å². The zero-order valence-corrected chi connectivity index (χ0v) is 7.69. The van der Waals surface area contributed by atoms with Gasteiger partial charge in [0.15, 0.2) is 0 Å². The summed E-state index contributed by atoms with van der Waals surface area (Å²) in [6, 6.07) is 6.41. The van der Waals surface area contributed by atoms with Gasteiger partial charge >= 0.3 is 0 Å². The largest absolute Gasteiger partial charge is 0.205 e. The zero-order valence-electron chi connectivity index (χ0n) is 6.87. The van der Waals surface area contributed by atoms with Crippen molar-refractivity contribution >= 4 is 23.3 Å². The van der Waals surface area contributed by atoms with Crippen LogP contribution in [0.4, 0.5) is 5.69 Å². The molecule has 0 aliphatic carbocycles. The molecular weight excluding hydrogens is 166 g/mol. The fraction of sp³-hybridized carbons (Fsp3) is 0.200. The van der Waals surface area contributed by atoms with Crippen LogP contribution in [0.25, 0.3) is 0 Å². The molecule has 0 saturated carbocycles. The SMILES string of the molecule is CCc1ccc2c(c1)N=C=CS2. The quantitative estimate of drug-likeness (QED) is 0.638. The third kappa shape index (κ3) is 1.31. The summed E-state index contributed by atoms with van der Waals surface area (Å²) in [5.74, 6) is 2.86. The van der Waals surface area contributed by atoms with E-state index in [2.05, 4.69) is 36.0 Å². The van der Waals surface area contributed by atoms with Crippen LogP contribution in [0.5, 0.6) is 0 Å². The van der Waals surface area contributed by atoms with E-state index in [1.54, 1.807) is 11.8 Å². The van der Waals surface area contributed by atoms with Gasteiger partial charge in [-0.1, -0.05) is 24.8 Å². The summed E-state index contributed by atoms with van der Waals surface area (Å²) >= 11 is 1.68. The standard InChI is InChI=1S/C10H9NS/c1-2-8-3-4-10-9(7-8)11-5-6-12-10/h3-4,6-7H,2H2,1H3. The first-order valence-corrected chi connectivity index (χ1v) is 4.85. The number of nitrogens with zero attached hydrogens (tertiary/aromatic N) is 1. The second kappa shape index (κ2) is 3.18. The predicted molar refractivity (Wildman–Crippen MR) is 53.3 cm³/mol. The molecule has 60 valence electrons. The Balaban J connectivity index is 2.51. The average molecular weight is 175 g/mol. The van der Waals surface area contributed by atoms with Crippen molar-refractivity contribution in [3.05, 3.63) is 29.2 Å². The fourth-order valence-electron chi connectivity index (χ4n) is 1.16. The van der Waals surface area contributed by atoms with Gasteiger partial charge in [-0.05, 0) is 30.0 Å². The molecule has 1 aliphatic heterocycles. The summed E-state index contributed by atoms with van der Waals surface area (Å²) in [4.78, 5) is 5.40. The van der Waals surface area contributed by atoms with Crippen molar-refractivity contribution in [2.75, 3.05) is 0 Å². The zero-order chi connectivity index (χ0) is 8.39. The third-order valence-corrected chi connectivity index (χ3v) is 2.68. The predicted octanol–water partition coefficient (Wildman–Crippen LogP) is 3.17. The van der Waals surface area contributed by atoms with Crippen LogP contribution in [-0.4, -0.2) is 5.87 Å². The van der Waals surface area contributed by atoms with Gasteiger partial charge in [0.05, 0.1) is 5.69 Å². The highest BCUT2D eigenvalue weighted by Gasteiger charge is 2.03. The Bertz CT molecular complexity index is 362. The molecule has 1 aromatic rings. The molecule has 0 N–H and O–H groups in total. The summed E-state index contributed by atoms with van der Waals surface area (Å²) in [5.41, 5.74) is 2.39. The van der Waals surface area contributed by atoms with E-state index in [1.807, 2.05) is 5.41 Å². The van der Waals surface area contributed by atoms with Crippen molar-refractivity contribution in [1.29, 1.82) is 0 Å². The van der Waals surface area contributed by atoms with Gasteiger partial charge < -0.3 is 0 Å². The summed E-state index contributed by atoms with van der Waals surface area (Å²) in [6.07, 6.45) is 1.07. The van der Waals surface area contributed by atoms with E-state index >= 15 is 0 Å². The fourth-order valence-corrected chi connectivity index (χ4v) is 1.76. The van der Waals surface area contributed by atoms with Gasteiger partial charge in [-0.2, -0.15) is 0 Å². The molecule has 0 atom stereocenters. The van der Waals surface area contributed by atoms with E-state index in [0.717, 1.165) is 12.1 Å². The van der Waals surface area contributed by atoms with Crippen LogP contribution in [0.3, 0.4) is 0 Å². The van der Waals surface area contributed by atoms with Crippen molar-refractivity contribution in [2.45, 2.75) is 18.2 Å². The van der Waals surface area contributed by atoms with E-state index in [-0.39, 0.29) is 0 Å². The number of benzene rings is 1. The Hall–Kier alpha value is -0.980. The van der Waals surface area contributed by atoms with Crippen LogP contribution in [0.2, 0.25) is 0 Å². The lowest BCUT2D eigenvalue weighted by Crippen LogP contribution is -1.82. The Morgan fingerprint density at radius 1 is 1.50 bits per heavy atom. The molecule has 0 unspecified atom stereocenters. The minimum absolute atomic E-state index is 1.06. The lowest BCUT2D eigenvalue weighted by atomic mass is 10.1. The molecule has 0 spiro atoms. The second-order valence-electron chi connectivity index (χ2n) is 2.63. The summed E-state index contributed by atoms with van der Waals surface area (Å²) in [7, 11) is 0. The van der Waals surface area contributed by atoms with Gasteiger partial charge in [0, 0.05) is 10.3 Å². The first kappa shape index (κ1) is 7.66. The highest BCUT2D eigenvalue weighted by atomic mass is 32.2. The Kier molecular flexibility index (Phi) is 2.03. The van der Waals surface area contributed by atoms with Gasteiger partial charge in [0.25, 0.3) is 0 Å². The third-order valence-electron chi connectivity index (χ3n) is 1.86. The molecular formula is C10H9NS. The Morgan fingerprint density at radius 3 is 3.25 bits per heavy atom. The lowest BCUT2D eigenvalue weighted by Gasteiger charge is -2.05. The molecule has 0 fully saturated rings. The van der Waals surface area contributed by atoms with Gasteiger partial charge in [0.2, 0.25) is 0 Å². The molecule has 0 saturated heterocycles. The number of rotatable bonds is 1. The Labute approximate surface area is 76.2 Å². The molecule has 0 bridgehead atoms. The highest BCUT2D eigenvalue weighted by Crippen LogP contribution is 2.32. The lowest BCUT2D eigenvalue weighted by molar-refractivity contribution is 1.13. The van der Waals surface area contributed by atoms with Crippen LogP contribution >= 0.6 is 11.8 Å². The molecule has 1 aliphatic rings. The van der Waals surface area contributed by atoms with E-state index in [1.165, 1.54) is 10.5 Å². The number of thioether (sulfide) groups is 1. The highest BCUT2D eigenvalue weighted by molar-refractivity contribution is 8.02. The van der Waals surface area contributed by atoms with Crippen LogP contribution in [0.15, 0.2) is 33.5 Å². The molecule has 0 aromatic heterocycles. The molecule has 12 heavy (non-hydrogen) atoms. The van der Waals surface area contributed by atoms with Crippen molar-refractivity contribution in [2.24, 2.45) is 4.99 Å². The second-order valence-corrected chi connectivity index (χ2v) is 3.54. The van der Waals surface area contributed by atoms with Crippen LogP contribution in [-0.2, 0) is 6.42 Å². The van der Waals surface area contributed by atoms with Crippen molar-refractivity contribution in [1.82, 2.24) is 0 Å². The van der Waals surface area contributed by atoms with E-state index in [9.17, 15) is 0 Å². The normalized spacial score (nSPS) is 13.1. The summed E-state index contributed by atoms with van der Waals surface area (Å²) in [5, 5.41) is 1.88. The number of hydrogen-bond acceptors (Lipinski definition) is 2. The van der Waals surface area contributed by atoms with Crippen molar-refractivity contribution < 1.29 is 0 Å². The molecule has 1 nitrogen and oxygen atoms in total. The molecule has 0 amide bonds. The maximum absolute atomic E-state index is 4.18. The number of aliphatic imine (C=N–C) groups is 1. The first-order chi connectivity index (χ1) is 5.90. The Morgan fingerprint density at radius 2 is 2.42 bits per heavy atom. The maximum atomic E-state index is 4.18. The summed E-state index contributed by atoms with van der Waals surface area (Å²) < 4.78 is 0. The smallest absolute Gasteiger partial charge is 0.0872 e. The first-order valence-electron chi connectivity index (χ1n) is 3.97. The number of fused-ring (bicyclic) bond motifs is 1. The van der Waals surface area contributed by atoms with Gasteiger partial charge in [0.1, 0.15) is 0 Å². The molecule has 0 radical (unpaired) electrons. The van der Waals surface area contributed by atoms with E-state index < -0.39 is 0 Å². The minimum atomic E-state index is 1.06. The van der Waals surface area contributed by atoms with Crippen molar-refractivity contribution in [3.8, 4) is 0 Å². The average Bonchev–Trinajstić information content (AvgIpc) is 2.17. The van der Waals surface area contributed by atoms with Crippen molar-refractivity contribution in [3.63, 3.8) is 0 Å². The minimum Gasteiger partial charge on any atom is -0.205 e.